The number of benzene rings is 1. The number of piperazine rings is 1. The molecule has 0 bridgehead atoms. The van der Waals surface area contributed by atoms with Crippen LogP contribution in [-0.4, -0.2) is 43.0 Å². The summed E-state index contributed by atoms with van der Waals surface area (Å²) in [5.74, 6) is 0.701. The van der Waals surface area contributed by atoms with Crippen molar-refractivity contribution in [1.29, 1.82) is 0 Å². The molecule has 1 amide bonds. The third-order valence-corrected chi connectivity index (χ3v) is 4.35. The summed E-state index contributed by atoms with van der Waals surface area (Å²) < 4.78 is 0. The number of halogens is 1. The highest BCUT2D eigenvalue weighted by Crippen LogP contribution is 2.22. The van der Waals surface area contributed by atoms with Gasteiger partial charge in [-0.2, -0.15) is 0 Å². The second-order valence-corrected chi connectivity index (χ2v) is 6.20. The number of rotatable bonds is 4. The van der Waals surface area contributed by atoms with Crippen molar-refractivity contribution in [2.45, 2.75) is 33.7 Å². The smallest absolute Gasteiger partial charge is 0.254 e. The Morgan fingerprint density at radius 3 is 2.45 bits per heavy atom. The second kappa shape index (κ2) is 8.39. The third-order valence-electron chi connectivity index (χ3n) is 4.35. The van der Waals surface area contributed by atoms with Gasteiger partial charge in [0.25, 0.3) is 5.91 Å². The molecule has 5 heteroatoms. The van der Waals surface area contributed by atoms with Crippen molar-refractivity contribution in [3.63, 3.8) is 0 Å². The van der Waals surface area contributed by atoms with Gasteiger partial charge in [-0.1, -0.05) is 19.9 Å². The van der Waals surface area contributed by atoms with Crippen molar-refractivity contribution in [3.8, 4) is 0 Å². The van der Waals surface area contributed by atoms with E-state index in [1.54, 1.807) is 0 Å². The first kappa shape index (κ1) is 18.8. The van der Waals surface area contributed by atoms with E-state index < -0.39 is 0 Å². The lowest BCUT2D eigenvalue weighted by Crippen LogP contribution is -2.46. The van der Waals surface area contributed by atoms with Crippen LogP contribution in [0.15, 0.2) is 18.2 Å². The van der Waals surface area contributed by atoms with E-state index in [9.17, 15) is 4.79 Å². The fourth-order valence-corrected chi connectivity index (χ4v) is 2.47. The molecule has 0 aromatic heterocycles. The standard InChI is InChI=1S/C17H27N3O.ClH/c1-12(2)14(4)19-16-7-5-6-15(13(16)3)17(21)20-10-8-18-9-11-20;/h5-7,12,14,18-19H,8-11H2,1-4H3;1H. The average Bonchev–Trinajstić information content (AvgIpc) is 2.49. The Bertz CT molecular complexity index is 499. The Kier molecular flexibility index (Phi) is 7.17. The summed E-state index contributed by atoms with van der Waals surface area (Å²) in [4.78, 5) is 14.6. The third kappa shape index (κ3) is 4.37. The maximum absolute atomic E-state index is 12.7. The molecule has 1 fully saturated rings. The van der Waals surface area contributed by atoms with Gasteiger partial charge in [0.15, 0.2) is 0 Å². The topological polar surface area (TPSA) is 44.4 Å². The van der Waals surface area contributed by atoms with Crippen LogP contribution in [-0.2, 0) is 0 Å². The van der Waals surface area contributed by atoms with Crippen LogP contribution in [0.25, 0.3) is 0 Å². The molecule has 1 heterocycles. The molecule has 0 radical (unpaired) electrons. The van der Waals surface area contributed by atoms with Gasteiger partial charge in [-0.15, -0.1) is 12.4 Å². The van der Waals surface area contributed by atoms with E-state index in [4.69, 9.17) is 0 Å². The number of amides is 1. The molecule has 4 nitrogen and oxygen atoms in total. The first-order chi connectivity index (χ1) is 10.0. The van der Waals surface area contributed by atoms with Gasteiger partial charge in [-0.3, -0.25) is 4.79 Å². The summed E-state index contributed by atoms with van der Waals surface area (Å²) in [6.45, 7) is 11.9. The van der Waals surface area contributed by atoms with Gasteiger partial charge in [-0.05, 0) is 37.5 Å². The van der Waals surface area contributed by atoms with Crippen molar-refractivity contribution >= 4 is 24.0 Å². The first-order valence-electron chi connectivity index (χ1n) is 7.87. The van der Waals surface area contributed by atoms with E-state index in [0.29, 0.717) is 12.0 Å². The van der Waals surface area contributed by atoms with E-state index >= 15 is 0 Å². The maximum Gasteiger partial charge on any atom is 0.254 e. The van der Waals surface area contributed by atoms with Gasteiger partial charge in [0.1, 0.15) is 0 Å². The summed E-state index contributed by atoms with van der Waals surface area (Å²) in [7, 11) is 0. The molecule has 1 aliphatic heterocycles. The van der Waals surface area contributed by atoms with Crippen LogP contribution in [0.3, 0.4) is 0 Å². The average molecular weight is 326 g/mol. The van der Waals surface area contributed by atoms with Crippen LogP contribution in [0.4, 0.5) is 5.69 Å². The van der Waals surface area contributed by atoms with Crippen molar-refractivity contribution in [2.75, 3.05) is 31.5 Å². The van der Waals surface area contributed by atoms with E-state index in [2.05, 4.69) is 37.5 Å². The lowest BCUT2D eigenvalue weighted by molar-refractivity contribution is 0.0735. The van der Waals surface area contributed by atoms with E-state index in [1.165, 1.54) is 0 Å². The number of carbonyl (C=O) groups excluding carboxylic acids is 1. The molecule has 0 aliphatic carbocycles. The lowest BCUT2D eigenvalue weighted by atomic mass is 10.0. The maximum atomic E-state index is 12.7. The molecular formula is C17H28ClN3O. The Balaban J connectivity index is 0.00000242. The molecule has 1 unspecified atom stereocenters. The number of anilines is 1. The molecule has 0 spiro atoms. The number of carbonyl (C=O) groups is 1. The largest absolute Gasteiger partial charge is 0.382 e. The Morgan fingerprint density at radius 1 is 1.23 bits per heavy atom. The van der Waals surface area contributed by atoms with Crippen LogP contribution < -0.4 is 10.6 Å². The summed E-state index contributed by atoms with van der Waals surface area (Å²) >= 11 is 0. The lowest BCUT2D eigenvalue weighted by Gasteiger charge is -2.28. The highest BCUT2D eigenvalue weighted by atomic mass is 35.5. The van der Waals surface area contributed by atoms with Gasteiger partial charge in [0.05, 0.1) is 0 Å². The molecule has 1 atom stereocenters. The molecule has 124 valence electrons. The van der Waals surface area contributed by atoms with Crippen molar-refractivity contribution in [3.05, 3.63) is 29.3 Å². The minimum Gasteiger partial charge on any atom is -0.382 e. The quantitative estimate of drug-likeness (QED) is 0.894. The number of hydrogen-bond acceptors (Lipinski definition) is 3. The highest BCUT2D eigenvalue weighted by molar-refractivity contribution is 5.97. The number of nitrogens with one attached hydrogen (secondary N) is 2. The predicted molar refractivity (Wildman–Crippen MR) is 95.1 cm³/mol. The normalized spacial score (nSPS) is 16.1. The first-order valence-corrected chi connectivity index (χ1v) is 7.87. The molecule has 22 heavy (non-hydrogen) atoms. The predicted octanol–water partition coefficient (Wildman–Crippen LogP) is 2.92. The molecule has 1 aromatic carbocycles. The summed E-state index contributed by atoms with van der Waals surface area (Å²) in [6, 6.07) is 6.35. The Labute approximate surface area is 140 Å². The van der Waals surface area contributed by atoms with Crippen molar-refractivity contribution in [2.24, 2.45) is 5.92 Å². The SMILES string of the molecule is Cc1c(NC(C)C(C)C)cccc1C(=O)N1CCNCC1.Cl. The van der Waals surface area contributed by atoms with Crippen molar-refractivity contribution in [1.82, 2.24) is 10.2 Å². The zero-order chi connectivity index (χ0) is 15.4. The van der Waals surface area contributed by atoms with Gasteiger partial charge < -0.3 is 15.5 Å². The molecule has 1 aliphatic rings. The zero-order valence-corrected chi connectivity index (χ0v) is 14.8. The van der Waals surface area contributed by atoms with Gasteiger partial charge in [-0.25, -0.2) is 0 Å². The van der Waals surface area contributed by atoms with Crippen LogP contribution in [0.5, 0.6) is 0 Å². The van der Waals surface area contributed by atoms with Crippen LogP contribution in [0.2, 0.25) is 0 Å². The van der Waals surface area contributed by atoms with E-state index in [-0.39, 0.29) is 18.3 Å². The molecule has 2 N–H and O–H groups in total. The van der Waals surface area contributed by atoms with E-state index in [0.717, 1.165) is 43.0 Å². The highest BCUT2D eigenvalue weighted by Gasteiger charge is 2.20. The van der Waals surface area contributed by atoms with Crippen LogP contribution in [0, 0.1) is 12.8 Å². The second-order valence-electron chi connectivity index (χ2n) is 6.20. The summed E-state index contributed by atoms with van der Waals surface area (Å²) in [6.07, 6.45) is 0. The fraction of sp³-hybridized carbons (Fsp3) is 0.588. The number of nitrogens with zero attached hydrogens (tertiary/aromatic N) is 1. The minimum absolute atomic E-state index is 0. The number of hydrogen-bond donors (Lipinski definition) is 2. The molecule has 1 aromatic rings. The molecular weight excluding hydrogens is 298 g/mol. The van der Waals surface area contributed by atoms with Crippen LogP contribution in [0.1, 0.15) is 36.7 Å². The molecule has 2 rings (SSSR count). The minimum atomic E-state index is 0. The summed E-state index contributed by atoms with van der Waals surface area (Å²) in [5, 5.41) is 6.80. The Morgan fingerprint density at radius 2 is 1.86 bits per heavy atom. The van der Waals surface area contributed by atoms with Gasteiger partial charge in [0.2, 0.25) is 0 Å². The van der Waals surface area contributed by atoms with E-state index in [1.807, 2.05) is 24.0 Å². The van der Waals surface area contributed by atoms with Crippen molar-refractivity contribution < 1.29 is 4.79 Å². The Hall–Kier alpha value is -1.26. The fourth-order valence-electron chi connectivity index (χ4n) is 2.47. The molecule has 0 saturated carbocycles. The monoisotopic (exact) mass is 325 g/mol. The zero-order valence-electron chi connectivity index (χ0n) is 14.0. The van der Waals surface area contributed by atoms with Gasteiger partial charge in [0, 0.05) is 43.5 Å². The van der Waals surface area contributed by atoms with Gasteiger partial charge >= 0.3 is 0 Å². The summed E-state index contributed by atoms with van der Waals surface area (Å²) in [5.41, 5.74) is 2.93. The molecule has 1 saturated heterocycles. The van der Waals surface area contributed by atoms with Crippen LogP contribution >= 0.6 is 12.4 Å².